The van der Waals surface area contributed by atoms with Crippen LogP contribution < -0.4 is 10.1 Å². The standard InChI is InChI=1S/C19H28N4O3/c1-14(2)22(3)11-17(24)23-8-6-19(13-23)15(9-21-18(19)25)12-26-16-5-4-7-20-10-16/h4-5,7,10,14-15H,6,8-9,11-13H2,1-3H3,(H,21,25)/t15-,19+/m0/s1. The van der Waals surface area contributed by atoms with Crippen LogP contribution in [0.4, 0.5) is 0 Å². The summed E-state index contributed by atoms with van der Waals surface area (Å²) >= 11 is 0. The molecule has 26 heavy (non-hydrogen) atoms. The molecular formula is C19H28N4O3. The summed E-state index contributed by atoms with van der Waals surface area (Å²) in [5, 5.41) is 2.97. The molecule has 2 aliphatic heterocycles. The lowest BCUT2D eigenvalue weighted by molar-refractivity contribution is -0.133. The molecule has 0 aromatic carbocycles. The van der Waals surface area contributed by atoms with Crippen LogP contribution in [0.1, 0.15) is 20.3 Å². The normalized spacial score (nSPS) is 25.3. The Morgan fingerprint density at radius 3 is 3.04 bits per heavy atom. The van der Waals surface area contributed by atoms with Gasteiger partial charge in [-0.05, 0) is 39.4 Å². The first-order valence-electron chi connectivity index (χ1n) is 9.21. The predicted octanol–water partition coefficient (Wildman–Crippen LogP) is 0.765. The lowest BCUT2D eigenvalue weighted by atomic mass is 9.77. The van der Waals surface area contributed by atoms with Crippen LogP contribution in [0.25, 0.3) is 0 Å². The first kappa shape index (κ1) is 18.6. The third-order valence-corrected chi connectivity index (χ3v) is 5.75. The van der Waals surface area contributed by atoms with Crippen LogP contribution in [-0.4, -0.2) is 72.5 Å². The molecule has 0 aliphatic carbocycles. The molecule has 2 saturated heterocycles. The SMILES string of the molecule is CC(C)N(C)CC(=O)N1CC[C@]2(C1)C(=O)NC[C@H]2COc1cccnc1. The summed E-state index contributed by atoms with van der Waals surface area (Å²) in [4.78, 5) is 33.1. The van der Waals surface area contributed by atoms with Crippen molar-refractivity contribution in [2.75, 3.05) is 39.8 Å². The van der Waals surface area contributed by atoms with Crippen molar-refractivity contribution >= 4 is 11.8 Å². The van der Waals surface area contributed by atoms with Crippen LogP contribution in [0, 0.1) is 11.3 Å². The number of nitrogens with zero attached hydrogens (tertiary/aromatic N) is 3. The predicted molar refractivity (Wildman–Crippen MR) is 97.6 cm³/mol. The number of pyridine rings is 1. The molecule has 1 aromatic heterocycles. The highest BCUT2D eigenvalue weighted by molar-refractivity contribution is 5.88. The summed E-state index contributed by atoms with van der Waals surface area (Å²) in [7, 11) is 1.95. The van der Waals surface area contributed by atoms with Crippen LogP contribution in [0.15, 0.2) is 24.5 Å². The Labute approximate surface area is 154 Å². The second-order valence-corrected chi connectivity index (χ2v) is 7.64. The fourth-order valence-electron chi connectivity index (χ4n) is 3.68. The van der Waals surface area contributed by atoms with Crippen molar-refractivity contribution in [3.05, 3.63) is 24.5 Å². The average molecular weight is 360 g/mol. The molecule has 0 unspecified atom stereocenters. The molecule has 142 valence electrons. The van der Waals surface area contributed by atoms with E-state index in [1.54, 1.807) is 12.4 Å². The Hall–Kier alpha value is -2.15. The highest BCUT2D eigenvalue weighted by Gasteiger charge is 2.55. The Kier molecular flexibility index (Phi) is 5.46. The molecule has 2 atom stereocenters. The molecule has 3 rings (SSSR count). The fourth-order valence-corrected chi connectivity index (χ4v) is 3.68. The van der Waals surface area contributed by atoms with Crippen molar-refractivity contribution in [1.29, 1.82) is 0 Å². The number of aromatic nitrogens is 1. The van der Waals surface area contributed by atoms with E-state index in [1.165, 1.54) is 0 Å². The quantitative estimate of drug-likeness (QED) is 0.811. The molecule has 0 saturated carbocycles. The Morgan fingerprint density at radius 2 is 2.35 bits per heavy atom. The van der Waals surface area contributed by atoms with Gasteiger partial charge in [0.15, 0.2) is 0 Å². The van der Waals surface area contributed by atoms with Gasteiger partial charge in [-0.2, -0.15) is 0 Å². The summed E-state index contributed by atoms with van der Waals surface area (Å²) in [6.45, 7) is 6.65. The van der Waals surface area contributed by atoms with E-state index in [1.807, 2.05) is 29.0 Å². The number of rotatable bonds is 6. The minimum atomic E-state index is -0.533. The maximum absolute atomic E-state index is 12.6. The minimum Gasteiger partial charge on any atom is -0.492 e. The number of amides is 2. The number of hydrogen-bond acceptors (Lipinski definition) is 5. The minimum absolute atomic E-state index is 0.0461. The average Bonchev–Trinajstić information content (AvgIpc) is 3.20. The van der Waals surface area contributed by atoms with Gasteiger partial charge >= 0.3 is 0 Å². The monoisotopic (exact) mass is 360 g/mol. The lowest BCUT2D eigenvalue weighted by Crippen LogP contribution is -2.44. The summed E-state index contributed by atoms with van der Waals surface area (Å²) in [5.41, 5.74) is -0.533. The zero-order chi connectivity index (χ0) is 18.7. The van der Waals surface area contributed by atoms with Crippen LogP contribution in [0.5, 0.6) is 5.75 Å². The summed E-state index contributed by atoms with van der Waals surface area (Å²) in [6.07, 6.45) is 4.06. The van der Waals surface area contributed by atoms with Gasteiger partial charge in [0, 0.05) is 37.8 Å². The van der Waals surface area contributed by atoms with Crippen molar-refractivity contribution in [3.63, 3.8) is 0 Å². The van der Waals surface area contributed by atoms with E-state index in [0.29, 0.717) is 51.0 Å². The largest absolute Gasteiger partial charge is 0.492 e. The number of hydrogen-bond donors (Lipinski definition) is 1. The van der Waals surface area contributed by atoms with Gasteiger partial charge in [0.25, 0.3) is 0 Å². The third kappa shape index (κ3) is 3.67. The fraction of sp³-hybridized carbons (Fsp3) is 0.632. The number of likely N-dealkylation sites (tertiary alicyclic amines) is 1. The topological polar surface area (TPSA) is 74.8 Å². The van der Waals surface area contributed by atoms with Gasteiger partial charge in [-0.1, -0.05) is 0 Å². The van der Waals surface area contributed by atoms with Gasteiger partial charge in [0.05, 0.1) is 24.8 Å². The Bertz CT molecular complexity index is 651. The second-order valence-electron chi connectivity index (χ2n) is 7.64. The summed E-state index contributed by atoms with van der Waals surface area (Å²) < 4.78 is 5.85. The van der Waals surface area contributed by atoms with E-state index >= 15 is 0 Å². The van der Waals surface area contributed by atoms with Crippen LogP contribution in [0.2, 0.25) is 0 Å². The van der Waals surface area contributed by atoms with E-state index in [-0.39, 0.29) is 17.7 Å². The highest BCUT2D eigenvalue weighted by Crippen LogP contribution is 2.41. The molecule has 2 amide bonds. The van der Waals surface area contributed by atoms with Gasteiger partial charge in [-0.15, -0.1) is 0 Å². The van der Waals surface area contributed by atoms with Crippen molar-refractivity contribution in [3.8, 4) is 5.75 Å². The molecule has 7 nitrogen and oxygen atoms in total. The molecule has 7 heteroatoms. The summed E-state index contributed by atoms with van der Waals surface area (Å²) in [5.74, 6) is 0.886. The number of carbonyl (C=O) groups is 2. The van der Waals surface area contributed by atoms with E-state index in [9.17, 15) is 9.59 Å². The molecular weight excluding hydrogens is 332 g/mol. The van der Waals surface area contributed by atoms with Crippen LogP contribution in [0.3, 0.4) is 0 Å². The first-order chi connectivity index (χ1) is 12.4. The molecule has 1 aromatic rings. The zero-order valence-electron chi connectivity index (χ0n) is 15.8. The van der Waals surface area contributed by atoms with Gasteiger partial charge in [-0.25, -0.2) is 0 Å². The van der Waals surface area contributed by atoms with Crippen molar-refractivity contribution in [2.45, 2.75) is 26.3 Å². The molecule has 1 N–H and O–H groups in total. The van der Waals surface area contributed by atoms with E-state index in [2.05, 4.69) is 24.1 Å². The van der Waals surface area contributed by atoms with Crippen molar-refractivity contribution in [2.24, 2.45) is 11.3 Å². The number of carbonyl (C=O) groups excluding carboxylic acids is 2. The molecule has 2 aliphatic rings. The van der Waals surface area contributed by atoms with Gasteiger partial charge in [-0.3, -0.25) is 19.5 Å². The van der Waals surface area contributed by atoms with Crippen LogP contribution >= 0.6 is 0 Å². The van der Waals surface area contributed by atoms with E-state index in [0.717, 1.165) is 0 Å². The lowest BCUT2D eigenvalue weighted by Gasteiger charge is -2.29. The number of likely N-dealkylation sites (N-methyl/N-ethyl adjacent to an activating group) is 1. The Balaban J connectivity index is 1.63. The van der Waals surface area contributed by atoms with Gasteiger partial charge in [0.2, 0.25) is 11.8 Å². The molecule has 2 fully saturated rings. The first-order valence-corrected chi connectivity index (χ1v) is 9.21. The second kappa shape index (κ2) is 7.61. The molecule has 0 bridgehead atoms. The van der Waals surface area contributed by atoms with E-state index < -0.39 is 5.41 Å². The third-order valence-electron chi connectivity index (χ3n) is 5.75. The number of nitrogens with one attached hydrogen (secondary N) is 1. The number of ether oxygens (including phenoxy) is 1. The highest BCUT2D eigenvalue weighted by atomic mass is 16.5. The zero-order valence-corrected chi connectivity index (χ0v) is 15.8. The molecule has 1 spiro atoms. The smallest absolute Gasteiger partial charge is 0.236 e. The maximum atomic E-state index is 12.6. The molecule has 3 heterocycles. The summed E-state index contributed by atoms with van der Waals surface area (Å²) in [6, 6.07) is 3.99. The maximum Gasteiger partial charge on any atom is 0.236 e. The van der Waals surface area contributed by atoms with Gasteiger partial charge in [0.1, 0.15) is 5.75 Å². The molecule has 0 radical (unpaired) electrons. The van der Waals surface area contributed by atoms with Crippen LogP contribution in [-0.2, 0) is 9.59 Å². The van der Waals surface area contributed by atoms with E-state index in [4.69, 9.17) is 4.74 Å². The van der Waals surface area contributed by atoms with Gasteiger partial charge < -0.3 is 15.0 Å². The van der Waals surface area contributed by atoms with Crippen molar-refractivity contribution in [1.82, 2.24) is 20.1 Å². The van der Waals surface area contributed by atoms with Crippen molar-refractivity contribution < 1.29 is 14.3 Å². The Morgan fingerprint density at radius 1 is 1.54 bits per heavy atom.